The van der Waals surface area contributed by atoms with E-state index in [1.165, 1.54) is 6.20 Å². The van der Waals surface area contributed by atoms with Gasteiger partial charge in [-0.1, -0.05) is 23.7 Å². The third-order valence-electron chi connectivity index (χ3n) is 2.85. The molecule has 0 fully saturated rings. The largest absolute Gasteiger partial charge is 0.373 e. The molecule has 5 nitrogen and oxygen atoms in total. The van der Waals surface area contributed by atoms with Crippen molar-refractivity contribution >= 4 is 29.0 Å². The molecule has 21 heavy (non-hydrogen) atoms. The van der Waals surface area contributed by atoms with Crippen LogP contribution in [0.15, 0.2) is 36.5 Å². The van der Waals surface area contributed by atoms with E-state index in [1.807, 2.05) is 0 Å². The molecule has 0 spiro atoms. The summed E-state index contributed by atoms with van der Waals surface area (Å²) in [5, 5.41) is 14.5. The Bertz CT molecular complexity index is 692. The van der Waals surface area contributed by atoms with Gasteiger partial charge in [-0.25, -0.2) is 4.98 Å². The molecule has 1 amide bonds. The van der Waals surface area contributed by atoms with Crippen LogP contribution >= 0.6 is 11.6 Å². The number of hydrogen-bond acceptors (Lipinski definition) is 4. The van der Waals surface area contributed by atoms with Crippen LogP contribution in [0.3, 0.4) is 0 Å². The standard InChI is InChI=1S/C15H13ClN4O/c1-18-14-8-12(13(16)9-19-14)15(21)20-11-4-2-10(3-5-11)6-7-17/h2-5,8-9H,6H2,1H3,(H,18,19)(H,20,21). The van der Waals surface area contributed by atoms with Crippen LogP contribution in [0.1, 0.15) is 15.9 Å². The van der Waals surface area contributed by atoms with Gasteiger partial charge in [0.05, 0.1) is 23.1 Å². The second-order valence-electron chi connectivity index (χ2n) is 4.29. The Hall–Kier alpha value is -2.58. The highest BCUT2D eigenvalue weighted by atomic mass is 35.5. The van der Waals surface area contributed by atoms with Gasteiger partial charge in [0.25, 0.3) is 5.91 Å². The van der Waals surface area contributed by atoms with Gasteiger partial charge in [-0.3, -0.25) is 4.79 Å². The molecule has 0 saturated carbocycles. The fraction of sp³-hybridized carbons (Fsp3) is 0.133. The van der Waals surface area contributed by atoms with E-state index < -0.39 is 0 Å². The Labute approximate surface area is 127 Å². The molecule has 1 aromatic heterocycles. The number of nitrogens with one attached hydrogen (secondary N) is 2. The molecule has 0 aliphatic heterocycles. The molecule has 0 radical (unpaired) electrons. The van der Waals surface area contributed by atoms with E-state index >= 15 is 0 Å². The maximum Gasteiger partial charge on any atom is 0.257 e. The molecule has 0 aliphatic rings. The molecule has 0 saturated heterocycles. The molecule has 2 rings (SSSR count). The van der Waals surface area contributed by atoms with Crippen molar-refractivity contribution in [3.05, 3.63) is 52.7 Å². The molecule has 0 atom stereocenters. The van der Waals surface area contributed by atoms with E-state index in [0.717, 1.165) is 5.56 Å². The van der Waals surface area contributed by atoms with E-state index in [-0.39, 0.29) is 10.9 Å². The lowest BCUT2D eigenvalue weighted by molar-refractivity contribution is 0.102. The third-order valence-corrected chi connectivity index (χ3v) is 3.15. The van der Waals surface area contributed by atoms with Crippen LogP contribution < -0.4 is 10.6 Å². The van der Waals surface area contributed by atoms with Gasteiger partial charge in [0, 0.05) is 18.9 Å². The van der Waals surface area contributed by atoms with Crippen molar-refractivity contribution in [2.75, 3.05) is 17.7 Å². The average Bonchev–Trinajstić information content (AvgIpc) is 2.50. The Morgan fingerprint density at radius 1 is 1.38 bits per heavy atom. The SMILES string of the molecule is CNc1cc(C(=O)Nc2ccc(CC#N)cc2)c(Cl)cn1. The Kier molecular flexibility index (Phi) is 4.75. The number of carbonyl (C=O) groups excluding carboxylic acids is 1. The van der Waals surface area contributed by atoms with Crippen molar-refractivity contribution in [3.63, 3.8) is 0 Å². The molecule has 6 heteroatoms. The zero-order valence-electron chi connectivity index (χ0n) is 11.4. The highest BCUT2D eigenvalue weighted by Crippen LogP contribution is 2.19. The average molecular weight is 301 g/mol. The highest BCUT2D eigenvalue weighted by molar-refractivity contribution is 6.34. The van der Waals surface area contributed by atoms with Crippen molar-refractivity contribution in [1.82, 2.24) is 4.98 Å². The first-order valence-electron chi connectivity index (χ1n) is 6.24. The minimum atomic E-state index is -0.313. The number of pyridine rings is 1. The van der Waals surface area contributed by atoms with E-state index in [0.29, 0.717) is 23.5 Å². The van der Waals surface area contributed by atoms with Crippen LogP contribution in [0, 0.1) is 11.3 Å². The number of aromatic nitrogens is 1. The summed E-state index contributed by atoms with van der Waals surface area (Å²) in [7, 11) is 1.71. The lowest BCUT2D eigenvalue weighted by Gasteiger charge is -2.08. The van der Waals surface area contributed by atoms with Crippen molar-refractivity contribution in [1.29, 1.82) is 5.26 Å². The normalized spacial score (nSPS) is 9.76. The number of nitriles is 1. The quantitative estimate of drug-likeness (QED) is 0.909. The molecule has 2 aromatic rings. The third kappa shape index (κ3) is 3.71. The molecule has 1 heterocycles. The number of nitrogens with zero attached hydrogens (tertiary/aromatic N) is 2. The lowest BCUT2D eigenvalue weighted by atomic mass is 10.1. The molecule has 0 aliphatic carbocycles. The lowest BCUT2D eigenvalue weighted by Crippen LogP contribution is -2.13. The Morgan fingerprint density at radius 2 is 2.10 bits per heavy atom. The molecular formula is C15H13ClN4O. The molecule has 2 N–H and O–H groups in total. The second kappa shape index (κ2) is 6.73. The second-order valence-corrected chi connectivity index (χ2v) is 4.69. The van der Waals surface area contributed by atoms with E-state index in [1.54, 1.807) is 37.4 Å². The summed E-state index contributed by atoms with van der Waals surface area (Å²) in [5.74, 6) is 0.251. The van der Waals surface area contributed by atoms with Crippen molar-refractivity contribution in [2.45, 2.75) is 6.42 Å². The molecule has 1 aromatic carbocycles. The first-order valence-corrected chi connectivity index (χ1v) is 6.62. The van der Waals surface area contributed by atoms with Crippen molar-refractivity contribution in [3.8, 4) is 6.07 Å². The van der Waals surface area contributed by atoms with Crippen LogP contribution in [-0.4, -0.2) is 17.9 Å². The minimum Gasteiger partial charge on any atom is -0.373 e. The summed E-state index contributed by atoms with van der Waals surface area (Å²) in [6.45, 7) is 0. The van der Waals surface area contributed by atoms with Crippen molar-refractivity contribution < 1.29 is 4.79 Å². The zero-order valence-corrected chi connectivity index (χ0v) is 12.1. The fourth-order valence-electron chi connectivity index (χ4n) is 1.75. The summed E-state index contributed by atoms with van der Waals surface area (Å²) in [6, 6.07) is 10.7. The first kappa shape index (κ1) is 14.8. The maximum absolute atomic E-state index is 12.2. The number of hydrogen-bond donors (Lipinski definition) is 2. The van der Waals surface area contributed by atoms with Crippen LogP contribution in [-0.2, 0) is 6.42 Å². The number of halogens is 1. The topological polar surface area (TPSA) is 77.8 Å². The van der Waals surface area contributed by atoms with Crippen LogP contribution in [0.5, 0.6) is 0 Å². The van der Waals surface area contributed by atoms with E-state index in [4.69, 9.17) is 16.9 Å². The molecule has 106 valence electrons. The Balaban J connectivity index is 2.16. The first-order chi connectivity index (χ1) is 10.1. The molecule has 0 unspecified atom stereocenters. The number of amides is 1. The van der Waals surface area contributed by atoms with Crippen LogP contribution in [0.2, 0.25) is 5.02 Å². The van der Waals surface area contributed by atoms with Gasteiger partial charge < -0.3 is 10.6 Å². The number of benzene rings is 1. The molecule has 0 bridgehead atoms. The Morgan fingerprint density at radius 3 is 2.71 bits per heavy atom. The van der Waals surface area contributed by atoms with Crippen molar-refractivity contribution in [2.24, 2.45) is 0 Å². The summed E-state index contributed by atoms with van der Waals surface area (Å²) in [6.07, 6.45) is 1.77. The predicted molar refractivity (Wildman–Crippen MR) is 82.5 cm³/mol. The fourth-order valence-corrected chi connectivity index (χ4v) is 1.93. The summed E-state index contributed by atoms with van der Waals surface area (Å²) >= 11 is 5.99. The van der Waals surface area contributed by atoms with Gasteiger partial charge in [-0.2, -0.15) is 5.26 Å². The summed E-state index contributed by atoms with van der Waals surface area (Å²) in [5.41, 5.74) is 1.88. The van der Waals surface area contributed by atoms with E-state index in [2.05, 4.69) is 21.7 Å². The number of anilines is 2. The van der Waals surface area contributed by atoms with Gasteiger partial charge in [-0.15, -0.1) is 0 Å². The minimum absolute atomic E-state index is 0.285. The van der Waals surface area contributed by atoms with Gasteiger partial charge in [0.1, 0.15) is 5.82 Å². The monoisotopic (exact) mass is 300 g/mol. The van der Waals surface area contributed by atoms with Crippen LogP contribution in [0.4, 0.5) is 11.5 Å². The predicted octanol–water partition coefficient (Wildman–Crippen LogP) is 3.10. The molecular weight excluding hydrogens is 288 g/mol. The summed E-state index contributed by atoms with van der Waals surface area (Å²) in [4.78, 5) is 16.2. The van der Waals surface area contributed by atoms with Gasteiger partial charge in [0.2, 0.25) is 0 Å². The van der Waals surface area contributed by atoms with Gasteiger partial charge in [0.15, 0.2) is 0 Å². The zero-order chi connectivity index (χ0) is 15.2. The van der Waals surface area contributed by atoms with E-state index in [9.17, 15) is 4.79 Å². The summed E-state index contributed by atoms with van der Waals surface area (Å²) < 4.78 is 0. The maximum atomic E-state index is 12.2. The van der Waals surface area contributed by atoms with Gasteiger partial charge >= 0.3 is 0 Å². The number of rotatable bonds is 4. The smallest absolute Gasteiger partial charge is 0.257 e. The van der Waals surface area contributed by atoms with Gasteiger partial charge in [-0.05, 0) is 23.8 Å². The number of carbonyl (C=O) groups is 1. The highest BCUT2D eigenvalue weighted by Gasteiger charge is 2.12. The van der Waals surface area contributed by atoms with Crippen LogP contribution in [0.25, 0.3) is 0 Å².